The molecule has 166 valence electrons. The van der Waals surface area contributed by atoms with Gasteiger partial charge in [-0.15, -0.1) is 0 Å². The zero-order chi connectivity index (χ0) is 22.5. The molecule has 0 aliphatic carbocycles. The molecule has 1 heterocycles. The summed E-state index contributed by atoms with van der Waals surface area (Å²) < 4.78 is 27.8. The van der Waals surface area contributed by atoms with Gasteiger partial charge in [-0.3, -0.25) is 9.69 Å². The van der Waals surface area contributed by atoms with Crippen LogP contribution in [-0.2, 0) is 17.9 Å². The molecule has 5 heteroatoms. The zero-order valence-electron chi connectivity index (χ0n) is 18.3. The maximum Gasteiger partial charge on any atom is 0.223 e. The Hall–Kier alpha value is -3.05. The van der Waals surface area contributed by atoms with Crippen LogP contribution in [0.25, 0.3) is 11.1 Å². The van der Waals surface area contributed by atoms with Gasteiger partial charge < -0.3 is 5.32 Å². The van der Waals surface area contributed by atoms with Crippen molar-refractivity contribution in [3.05, 3.63) is 95.1 Å². The Morgan fingerprint density at radius 2 is 1.72 bits per heavy atom. The van der Waals surface area contributed by atoms with E-state index in [1.54, 1.807) is 25.1 Å². The first-order valence-corrected chi connectivity index (χ1v) is 11.1. The van der Waals surface area contributed by atoms with Crippen LogP contribution in [0.2, 0.25) is 0 Å². The normalized spacial score (nSPS) is 15.0. The number of piperidine rings is 1. The molecule has 3 nitrogen and oxygen atoms in total. The van der Waals surface area contributed by atoms with E-state index in [4.69, 9.17) is 0 Å². The maximum absolute atomic E-state index is 14.1. The Labute approximate surface area is 188 Å². The van der Waals surface area contributed by atoms with E-state index >= 15 is 0 Å². The summed E-state index contributed by atoms with van der Waals surface area (Å²) in [6.45, 7) is 4.52. The minimum absolute atomic E-state index is 0.0219. The van der Waals surface area contributed by atoms with Crippen LogP contribution in [-0.4, -0.2) is 23.9 Å². The number of carbonyl (C=O) groups excluding carboxylic acids is 1. The first-order chi connectivity index (χ1) is 15.5. The van der Waals surface area contributed by atoms with Crippen LogP contribution in [0.15, 0.2) is 66.7 Å². The summed E-state index contributed by atoms with van der Waals surface area (Å²) in [4.78, 5) is 14.9. The molecule has 3 aromatic carbocycles. The van der Waals surface area contributed by atoms with Gasteiger partial charge in [0.05, 0.1) is 0 Å². The molecule has 1 aliphatic heterocycles. The summed E-state index contributed by atoms with van der Waals surface area (Å²) in [7, 11) is 0. The topological polar surface area (TPSA) is 32.3 Å². The van der Waals surface area contributed by atoms with E-state index in [1.165, 1.54) is 12.1 Å². The molecular weight excluding hydrogens is 406 g/mol. The van der Waals surface area contributed by atoms with Gasteiger partial charge in [-0.1, -0.05) is 48.5 Å². The molecule has 0 radical (unpaired) electrons. The minimum atomic E-state index is -0.246. The fourth-order valence-electron chi connectivity index (χ4n) is 4.22. The average Bonchev–Trinajstić information content (AvgIpc) is 2.80. The number of likely N-dealkylation sites (tertiary alicyclic amines) is 1. The number of carbonyl (C=O) groups is 1. The van der Waals surface area contributed by atoms with Crippen LogP contribution in [0.5, 0.6) is 0 Å². The van der Waals surface area contributed by atoms with Gasteiger partial charge in [0.25, 0.3) is 0 Å². The highest BCUT2D eigenvalue weighted by Gasteiger charge is 2.25. The number of nitrogens with one attached hydrogen (secondary N) is 1. The molecule has 1 amide bonds. The lowest BCUT2D eigenvalue weighted by molar-refractivity contribution is -0.126. The maximum atomic E-state index is 14.1. The lowest BCUT2D eigenvalue weighted by atomic mass is 9.95. The molecule has 0 saturated carbocycles. The molecule has 1 aliphatic rings. The predicted octanol–water partition coefficient (Wildman–Crippen LogP) is 5.47. The van der Waals surface area contributed by atoms with Gasteiger partial charge in [0.1, 0.15) is 11.6 Å². The summed E-state index contributed by atoms with van der Waals surface area (Å²) in [5, 5.41) is 2.95. The second kappa shape index (κ2) is 10.0. The second-order valence-electron chi connectivity index (χ2n) is 8.53. The summed E-state index contributed by atoms with van der Waals surface area (Å²) >= 11 is 0. The van der Waals surface area contributed by atoms with Crippen molar-refractivity contribution in [2.75, 3.05) is 13.1 Å². The van der Waals surface area contributed by atoms with E-state index in [9.17, 15) is 13.6 Å². The molecule has 3 aromatic rings. The lowest BCUT2D eigenvalue weighted by Crippen LogP contribution is -2.40. The van der Waals surface area contributed by atoms with Crippen LogP contribution in [0, 0.1) is 24.5 Å². The van der Waals surface area contributed by atoms with Crippen LogP contribution in [0.1, 0.15) is 29.5 Å². The number of amides is 1. The smallest absolute Gasteiger partial charge is 0.223 e. The lowest BCUT2D eigenvalue weighted by Gasteiger charge is -2.31. The van der Waals surface area contributed by atoms with Crippen molar-refractivity contribution >= 4 is 5.91 Å². The Kier molecular flexibility index (Phi) is 6.96. The van der Waals surface area contributed by atoms with Gasteiger partial charge in [-0.2, -0.15) is 0 Å². The second-order valence-corrected chi connectivity index (χ2v) is 8.53. The fraction of sp³-hybridized carbons (Fsp3) is 0.296. The minimum Gasteiger partial charge on any atom is -0.352 e. The Balaban J connectivity index is 1.28. The number of halogens is 2. The average molecular weight is 435 g/mol. The van der Waals surface area contributed by atoms with Crippen LogP contribution in [0.3, 0.4) is 0 Å². The van der Waals surface area contributed by atoms with Crippen LogP contribution < -0.4 is 5.32 Å². The van der Waals surface area contributed by atoms with Gasteiger partial charge in [-0.25, -0.2) is 8.78 Å². The van der Waals surface area contributed by atoms with Crippen molar-refractivity contribution in [1.82, 2.24) is 10.2 Å². The molecule has 0 unspecified atom stereocenters. The quantitative estimate of drug-likeness (QED) is 0.558. The molecule has 4 rings (SSSR count). The first-order valence-electron chi connectivity index (χ1n) is 11.1. The van der Waals surface area contributed by atoms with E-state index in [0.29, 0.717) is 17.7 Å². The van der Waals surface area contributed by atoms with Gasteiger partial charge in [0.15, 0.2) is 0 Å². The summed E-state index contributed by atoms with van der Waals surface area (Å²) in [6.07, 6.45) is 1.59. The largest absolute Gasteiger partial charge is 0.352 e. The number of hydrogen-bond donors (Lipinski definition) is 1. The van der Waals surface area contributed by atoms with Crippen LogP contribution >= 0.6 is 0 Å². The van der Waals surface area contributed by atoms with Crippen molar-refractivity contribution in [2.45, 2.75) is 32.9 Å². The van der Waals surface area contributed by atoms with Crippen LogP contribution in [0.4, 0.5) is 8.78 Å². The molecule has 32 heavy (non-hydrogen) atoms. The Bertz CT molecular complexity index is 1090. The van der Waals surface area contributed by atoms with Crippen molar-refractivity contribution in [2.24, 2.45) is 5.92 Å². The third kappa shape index (κ3) is 5.40. The standard InChI is InChI=1S/C27H28F2N2O/c1-19-9-10-20(16-26(19)29)17-30-27(32)22-11-13-31(14-12-22)18-21-5-4-6-23(15-21)24-7-2-3-8-25(24)28/h2-10,15-16,22H,11-14,17-18H2,1H3,(H,30,32). The number of benzene rings is 3. The summed E-state index contributed by atoms with van der Waals surface area (Å²) in [6, 6.07) is 19.9. The van der Waals surface area contributed by atoms with Gasteiger partial charge in [0.2, 0.25) is 5.91 Å². The van der Waals surface area contributed by atoms with Crippen molar-refractivity contribution < 1.29 is 13.6 Å². The van der Waals surface area contributed by atoms with E-state index in [2.05, 4.69) is 16.3 Å². The molecule has 1 saturated heterocycles. The molecule has 1 fully saturated rings. The monoisotopic (exact) mass is 434 g/mol. The molecular formula is C27H28F2N2O. The highest BCUT2D eigenvalue weighted by molar-refractivity contribution is 5.78. The number of nitrogens with zero attached hydrogens (tertiary/aromatic N) is 1. The highest BCUT2D eigenvalue weighted by atomic mass is 19.1. The Morgan fingerprint density at radius 1 is 0.938 bits per heavy atom. The Morgan fingerprint density at radius 3 is 2.47 bits per heavy atom. The third-order valence-corrected chi connectivity index (χ3v) is 6.18. The number of aryl methyl sites for hydroxylation is 1. The van der Waals surface area contributed by atoms with Crippen molar-refractivity contribution in [3.8, 4) is 11.1 Å². The van der Waals surface area contributed by atoms with E-state index in [-0.39, 0.29) is 23.5 Å². The first kappa shape index (κ1) is 22.2. The third-order valence-electron chi connectivity index (χ3n) is 6.18. The number of rotatable bonds is 6. The van der Waals surface area contributed by atoms with E-state index < -0.39 is 0 Å². The summed E-state index contributed by atoms with van der Waals surface area (Å²) in [5.41, 5.74) is 4.00. The number of hydrogen-bond acceptors (Lipinski definition) is 2. The SMILES string of the molecule is Cc1ccc(CNC(=O)C2CCN(Cc3cccc(-c4ccccc4F)c3)CC2)cc1F. The molecule has 0 atom stereocenters. The summed E-state index contributed by atoms with van der Waals surface area (Å²) in [5.74, 6) is -0.451. The van der Waals surface area contributed by atoms with Gasteiger partial charge in [0, 0.05) is 24.6 Å². The van der Waals surface area contributed by atoms with Gasteiger partial charge in [-0.05, 0) is 73.3 Å². The highest BCUT2D eigenvalue weighted by Crippen LogP contribution is 2.25. The van der Waals surface area contributed by atoms with Crippen molar-refractivity contribution in [3.63, 3.8) is 0 Å². The van der Waals surface area contributed by atoms with Gasteiger partial charge >= 0.3 is 0 Å². The van der Waals surface area contributed by atoms with E-state index in [0.717, 1.165) is 49.2 Å². The predicted molar refractivity (Wildman–Crippen MR) is 123 cm³/mol. The molecule has 0 aromatic heterocycles. The van der Waals surface area contributed by atoms with E-state index in [1.807, 2.05) is 30.3 Å². The fourth-order valence-corrected chi connectivity index (χ4v) is 4.22. The zero-order valence-corrected chi connectivity index (χ0v) is 18.3. The van der Waals surface area contributed by atoms with Crippen molar-refractivity contribution in [1.29, 1.82) is 0 Å². The molecule has 0 spiro atoms. The molecule has 0 bridgehead atoms. The molecule has 1 N–H and O–H groups in total.